The van der Waals surface area contributed by atoms with Gasteiger partial charge in [-0.1, -0.05) is 48.5 Å². The zero-order valence-corrected chi connectivity index (χ0v) is 24.9. The van der Waals surface area contributed by atoms with E-state index in [0.29, 0.717) is 6.42 Å². The molecule has 2 rings (SSSR count). The Labute approximate surface area is 228 Å². The Morgan fingerprint density at radius 1 is 0.947 bits per heavy atom. The van der Waals surface area contributed by atoms with Crippen LogP contribution in [0, 0.1) is 35.5 Å². The summed E-state index contributed by atoms with van der Waals surface area (Å²) in [5.41, 5.74) is -3.41. The second-order valence-electron chi connectivity index (χ2n) is 12.7. The van der Waals surface area contributed by atoms with Crippen LogP contribution in [0.5, 0.6) is 0 Å². The van der Waals surface area contributed by atoms with Crippen LogP contribution in [0.4, 0.5) is 0 Å². The molecular formula is C29H52O9. The molecule has 0 aromatic heterocycles. The summed E-state index contributed by atoms with van der Waals surface area (Å²) in [6.45, 7) is 17.2. The third-order valence-corrected chi connectivity index (χ3v) is 9.30. The lowest BCUT2D eigenvalue weighted by Gasteiger charge is -2.46. The summed E-state index contributed by atoms with van der Waals surface area (Å²) in [5.74, 6) is -4.02. The first-order chi connectivity index (χ1) is 17.4. The summed E-state index contributed by atoms with van der Waals surface area (Å²) in [6.07, 6.45) is -4.51. The van der Waals surface area contributed by atoms with Crippen LogP contribution in [0.3, 0.4) is 0 Å². The molecule has 0 bridgehead atoms. The second kappa shape index (κ2) is 12.6. The van der Waals surface area contributed by atoms with E-state index in [4.69, 9.17) is 14.2 Å². The van der Waals surface area contributed by atoms with Crippen LogP contribution in [-0.4, -0.2) is 80.2 Å². The van der Waals surface area contributed by atoms with Crippen molar-refractivity contribution in [1.29, 1.82) is 0 Å². The van der Waals surface area contributed by atoms with Gasteiger partial charge in [0.15, 0.2) is 6.29 Å². The van der Waals surface area contributed by atoms with Gasteiger partial charge in [-0.15, -0.1) is 0 Å². The second-order valence-corrected chi connectivity index (χ2v) is 12.7. The van der Waals surface area contributed by atoms with E-state index in [9.17, 15) is 30.0 Å². The third-order valence-electron chi connectivity index (χ3n) is 9.30. The molecule has 0 saturated carbocycles. The van der Waals surface area contributed by atoms with E-state index in [1.807, 2.05) is 27.7 Å². The van der Waals surface area contributed by atoms with Gasteiger partial charge in [0.1, 0.15) is 23.6 Å². The predicted molar refractivity (Wildman–Crippen MR) is 142 cm³/mol. The molecular weight excluding hydrogens is 492 g/mol. The number of carbonyl (C=O) groups is 2. The fourth-order valence-electron chi connectivity index (χ4n) is 6.34. The molecule has 4 N–H and O–H groups in total. The molecule has 0 aromatic carbocycles. The fourth-order valence-corrected chi connectivity index (χ4v) is 6.34. The summed E-state index contributed by atoms with van der Waals surface area (Å²) >= 11 is 0. The summed E-state index contributed by atoms with van der Waals surface area (Å²) < 4.78 is 18.0. The van der Waals surface area contributed by atoms with Crippen molar-refractivity contribution in [2.75, 3.05) is 0 Å². The monoisotopic (exact) mass is 544 g/mol. The normalized spacial score (nSPS) is 50.3. The highest BCUT2D eigenvalue weighted by Crippen LogP contribution is 2.39. The van der Waals surface area contributed by atoms with E-state index in [0.717, 1.165) is 0 Å². The Morgan fingerprint density at radius 3 is 2.08 bits per heavy atom. The average Bonchev–Trinajstić information content (AvgIpc) is 2.84. The van der Waals surface area contributed by atoms with Crippen molar-refractivity contribution in [3.63, 3.8) is 0 Å². The molecule has 2 fully saturated rings. The van der Waals surface area contributed by atoms with Crippen molar-refractivity contribution in [3.05, 3.63) is 0 Å². The number of hydrogen-bond acceptors (Lipinski definition) is 9. The third kappa shape index (κ3) is 6.96. The van der Waals surface area contributed by atoms with E-state index in [-0.39, 0.29) is 36.6 Å². The average molecular weight is 545 g/mol. The van der Waals surface area contributed by atoms with Crippen molar-refractivity contribution in [2.24, 2.45) is 35.5 Å². The maximum Gasteiger partial charge on any atom is 0.309 e. The molecule has 222 valence electrons. The van der Waals surface area contributed by atoms with Gasteiger partial charge in [-0.05, 0) is 57.8 Å². The van der Waals surface area contributed by atoms with Gasteiger partial charge in [0.2, 0.25) is 0 Å². The van der Waals surface area contributed by atoms with Gasteiger partial charge < -0.3 is 34.6 Å². The molecule has 9 nitrogen and oxygen atoms in total. The van der Waals surface area contributed by atoms with Crippen LogP contribution >= 0.6 is 0 Å². The van der Waals surface area contributed by atoms with Gasteiger partial charge in [0.25, 0.3) is 0 Å². The zero-order valence-electron chi connectivity index (χ0n) is 24.9. The van der Waals surface area contributed by atoms with Gasteiger partial charge in [0, 0.05) is 11.8 Å². The predicted octanol–water partition coefficient (Wildman–Crippen LogP) is 2.84. The van der Waals surface area contributed by atoms with Crippen molar-refractivity contribution < 1.29 is 44.2 Å². The van der Waals surface area contributed by atoms with Crippen LogP contribution < -0.4 is 0 Å². The van der Waals surface area contributed by atoms with E-state index < -0.39 is 71.5 Å². The van der Waals surface area contributed by atoms with Crippen LogP contribution in [0.25, 0.3) is 0 Å². The molecule has 9 heteroatoms. The van der Waals surface area contributed by atoms with E-state index >= 15 is 0 Å². The maximum atomic E-state index is 13.4. The number of aliphatic hydroxyl groups excluding tert-OH is 2. The lowest BCUT2D eigenvalue weighted by atomic mass is 9.72. The molecule has 0 amide bonds. The smallest absolute Gasteiger partial charge is 0.309 e. The lowest BCUT2D eigenvalue weighted by Crippen LogP contribution is -2.57. The Balaban J connectivity index is 2.53. The number of ether oxygens (including phenoxy) is 3. The largest absolute Gasteiger partial charge is 0.459 e. The fraction of sp³-hybridized carbons (Fsp3) is 0.931. The Hall–Kier alpha value is -1.10. The number of hydrogen-bond donors (Lipinski definition) is 4. The summed E-state index contributed by atoms with van der Waals surface area (Å²) in [4.78, 5) is 26.6. The molecule has 14 atom stereocenters. The quantitative estimate of drug-likeness (QED) is 0.394. The maximum absolute atomic E-state index is 13.4. The van der Waals surface area contributed by atoms with Crippen LogP contribution in [0.1, 0.15) is 88.5 Å². The summed E-state index contributed by atoms with van der Waals surface area (Å²) in [7, 11) is 0. The van der Waals surface area contributed by atoms with Gasteiger partial charge in [-0.3, -0.25) is 9.59 Å². The molecule has 2 heterocycles. The van der Waals surface area contributed by atoms with Crippen molar-refractivity contribution in [2.45, 2.75) is 137 Å². The van der Waals surface area contributed by atoms with Crippen molar-refractivity contribution >= 4 is 11.8 Å². The number of aliphatic hydroxyl groups is 4. The first kappa shape index (κ1) is 33.1. The van der Waals surface area contributed by atoms with Crippen LogP contribution in [-0.2, 0) is 23.8 Å². The van der Waals surface area contributed by atoms with E-state index in [2.05, 4.69) is 0 Å². The number of ketones is 1. The molecule has 0 spiro atoms. The molecule has 2 saturated heterocycles. The molecule has 2 unspecified atom stereocenters. The molecule has 2 aliphatic heterocycles. The van der Waals surface area contributed by atoms with Crippen molar-refractivity contribution in [1.82, 2.24) is 0 Å². The van der Waals surface area contributed by atoms with Crippen LogP contribution in [0.2, 0.25) is 0 Å². The van der Waals surface area contributed by atoms with E-state index in [1.165, 1.54) is 13.8 Å². The van der Waals surface area contributed by atoms with Crippen molar-refractivity contribution in [3.8, 4) is 0 Å². The molecule has 2 aliphatic rings. The SMILES string of the molecule is CC[C@H]1OC(=O)[C@H](C)C(C)[C@H](C)[C@@H](OC2O[C@H](C)C[C@H](C)[C@H]2O)[C@](C)(O)C[C@@H](C)C(=O)[C@H](C)[C@@H](O)[C@]1(C)O. The first-order valence-corrected chi connectivity index (χ1v) is 14.2. The molecule has 0 aliphatic carbocycles. The summed E-state index contributed by atoms with van der Waals surface area (Å²) in [5, 5.41) is 44.9. The number of carbonyl (C=O) groups excluding carboxylic acids is 2. The highest BCUT2D eigenvalue weighted by Gasteiger charge is 2.50. The highest BCUT2D eigenvalue weighted by atomic mass is 16.7. The zero-order chi connectivity index (χ0) is 29.3. The van der Waals surface area contributed by atoms with Gasteiger partial charge in [-0.2, -0.15) is 0 Å². The Kier molecular flexibility index (Phi) is 11.0. The minimum Gasteiger partial charge on any atom is -0.459 e. The Morgan fingerprint density at radius 2 is 1.53 bits per heavy atom. The molecule has 0 radical (unpaired) electrons. The number of cyclic esters (lactones) is 1. The lowest BCUT2D eigenvalue weighted by molar-refractivity contribution is -0.296. The van der Waals surface area contributed by atoms with Gasteiger partial charge in [-0.25, -0.2) is 0 Å². The Bertz CT molecular complexity index is 812. The molecule has 0 aromatic rings. The number of esters is 1. The number of rotatable bonds is 3. The highest BCUT2D eigenvalue weighted by molar-refractivity contribution is 5.83. The topological polar surface area (TPSA) is 143 Å². The van der Waals surface area contributed by atoms with Gasteiger partial charge >= 0.3 is 5.97 Å². The van der Waals surface area contributed by atoms with E-state index in [1.54, 1.807) is 27.7 Å². The first-order valence-electron chi connectivity index (χ1n) is 14.2. The number of Topliss-reactive ketones (excluding diaryl/α,β-unsaturated/α-hetero) is 1. The minimum absolute atomic E-state index is 0.0106. The minimum atomic E-state index is -1.85. The standard InChI is InChI=1S/C29H52O9/c1-11-21-29(10,35)24(32)20(8)22(30)15(3)13-28(9,34)25(18(6)17(5)19(7)26(33)37-21)38-27-23(31)14(2)12-16(4)36-27/h14-21,23-25,27,31-32,34-35H,11-13H2,1-10H3/t14-,15+,16+,17?,18-,19+,20-,21+,23+,24+,25+,27?,28+,29+/m0/s1. The summed E-state index contributed by atoms with van der Waals surface area (Å²) in [6, 6.07) is 0. The molecule has 38 heavy (non-hydrogen) atoms. The van der Waals surface area contributed by atoms with Crippen LogP contribution in [0.15, 0.2) is 0 Å². The van der Waals surface area contributed by atoms with Gasteiger partial charge in [0.05, 0.1) is 29.8 Å².